The fourth-order valence-electron chi connectivity index (χ4n) is 2.44. The Morgan fingerprint density at radius 1 is 1.39 bits per heavy atom. The third kappa shape index (κ3) is 2.92. The molecule has 0 aliphatic rings. The molecule has 6 nitrogen and oxygen atoms in total. The van der Waals surface area contributed by atoms with E-state index in [9.17, 15) is 4.79 Å². The molecule has 3 heterocycles. The van der Waals surface area contributed by atoms with Crippen molar-refractivity contribution in [2.75, 3.05) is 6.61 Å². The molecule has 7 heteroatoms. The number of ether oxygens (including phenoxy) is 1. The highest BCUT2D eigenvalue weighted by Gasteiger charge is 2.18. The zero-order valence-electron chi connectivity index (χ0n) is 13.3. The molecule has 0 unspecified atom stereocenters. The molecular formula is C16H18N4O2S. The van der Waals surface area contributed by atoms with Crippen molar-refractivity contribution >= 4 is 22.9 Å². The standard InChI is InChI=1S/C16H18N4O2S/c1-4-22-12-6-5-7-20-14(11(3)19-15(12)20)16(21)17-8-13-10(2)18-9-23-13/h5-7,9H,4,8H2,1-3H3,(H,17,21). The maximum atomic E-state index is 12.6. The van der Waals surface area contributed by atoms with Crippen LogP contribution in [0.2, 0.25) is 0 Å². The zero-order valence-corrected chi connectivity index (χ0v) is 14.1. The average molecular weight is 330 g/mol. The number of nitrogens with zero attached hydrogens (tertiary/aromatic N) is 3. The van der Waals surface area contributed by atoms with Crippen molar-refractivity contribution in [2.45, 2.75) is 27.3 Å². The number of amides is 1. The van der Waals surface area contributed by atoms with E-state index < -0.39 is 0 Å². The topological polar surface area (TPSA) is 68.5 Å². The fourth-order valence-corrected chi connectivity index (χ4v) is 3.15. The minimum atomic E-state index is -0.156. The number of hydrogen-bond donors (Lipinski definition) is 1. The van der Waals surface area contributed by atoms with Gasteiger partial charge in [0.1, 0.15) is 5.69 Å². The summed E-state index contributed by atoms with van der Waals surface area (Å²) in [6, 6.07) is 3.71. The summed E-state index contributed by atoms with van der Waals surface area (Å²) in [5, 5.41) is 2.94. The Morgan fingerprint density at radius 2 is 2.22 bits per heavy atom. The van der Waals surface area contributed by atoms with Crippen molar-refractivity contribution in [2.24, 2.45) is 0 Å². The lowest BCUT2D eigenvalue weighted by Crippen LogP contribution is -2.24. The highest BCUT2D eigenvalue weighted by molar-refractivity contribution is 7.09. The molecule has 0 radical (unpaired) electrons. The number of aromatic nitrogens is 3. The van der Waals surface area contributed by atoms with Crippen LogP contribution in [-0.2, 0) is 6.54 Å². The van der Waals surface area contributed by atoms with Crippen LogP contribution in [0.3, 0.4) is 0 Å². The molecule has 1 amide bonds. The van der Waals surface area contributed by atoms with Gasteiger partial charge in [-0.05, 0) is 32.9 Å². The summed E-state index contributed by atoms with van der Waals surface area (Å²) in [5.41, 5.74) is 4.60. The van der Waals surface area contributed by atoms with Gasteiger partial charge in [-0.2, -0.15) is 0 Å². The number of aryl methyl sites for hydroxylation is 2. The Labute approximate surface area is 138 Å². The highest BCUT2D eigenvalue weighted by Crippen LogP contribution is 2.22. The quantitative estimate of drug-likeness (QED) is 0.781. The van der Waals surface area contributed by atoms with E-state index in [-0.39, 0.29) is 5.91 Å². The molecule has 3 aromatic rings. The van der Waals surface area contributed by atoms with Crippen LogP contribution in [0.1, 0.15) is 33.7 Å². The van der Waals surface area contributed by atoms with E-state index in [0.717, 1.165) is 10.6 Å². The molecule has 0 atom stereocenters. The predicted octanol–water partition coefficient (Wildman–Crippen LogP) is 2.74. The van der Waals surface area contributed by atoms with Crippen molar-refractivity contribution in [3.63, 3.8) is 0 Å². The summed E-state index contributed by atoms with van der Waals surface area (Å²) in [7, 11) is 0. The summed E-state index contributed by atoms with van der Waals surface area (Å²) < 4.78 is 7.35. The maximum Gasteiger partial charge on any atom is 0.270 e. The lowest BCUT2D eigenvalue weighted by Gasteiger charge is -2.07. The van der Waals surface area contributed by atoms with E-state index in [1.807, 2.05) is 39.1 Å². The van der Waals surface area contributed by atoms with Gasteiger partial charge in [-0.1, -0.05) is 0 Å². The van der Waals surface area contributed by atoms with Crippen LogP contribution in [-0.4, -0.2) is 26.9 Å². The number of fused-ring (bicyclic) bond motifs is 1. The smallest absolute Gasteiger partial charge is 0.270 e. The van der Waals surface area contributed by atoms with Gasteiger partial charge in [-0.3, -0.25) is 9.20 Å². The van der Waals surface area contributed by atoms with Gasteiger partial charge in [-0.25, -0.2) is 9.97 Å². The molecular weight excluding hydrogens is 312 g/mol. The second-order valence-corrected chi connectivity index (χ2v) is 6.03. The fraction of sp³-hybridized carbons (Fsp3) is 0.312. The van der Waals surface area contributed by atoms with Gasteiger partial charge in [-0.15, -0.1) is 11.3 Å². The van der Waals surface area contributed by atoms with Gasteiger partial charge < -0.3 is 10.1 Å². The zero-order chi connectivity index (χ0) is 16.4. The summed E-state index contributed by atoms with van der Waals surface area (Å²) in [5.74, 6) is 0.520. The van der Waals surface area contributed by atoms with E-state index in [4.69, 9.17) is 4.74 Å². The molecule has 1 N–H and O–H groups in total. The molecule has 0 saturated heterocycles. The van der Waals surface area contributed by atoms with Crippen LogP contribution >= 0.6 is 11.3 Å². The van der Waals surface area contributed by atoms with Crippen LogP contribution in [0.15, 0.2) is 23.8 Å². The molecule has 0 spiro atoms. The molecule has 3 aromatic heterocycles. The summed E-state index contributed by atoms with van der Waals surface area (Å²) in [6.07, 6.45) is 1.82. The minimum Gasteiger partial charge on any atom is -0.490 e. The van der Waals surface area contributed by atoms with E-state index in [0.29, 0.717) is 35.9 Å². The first-order valence-electron chi connectivity index (χ1n) is 7.39. The second-order valence-electron chi connectivity index (χ2n) is 5.09. The Kier molecular flexibility index (Phi) is 4.29. The summed E-state index contributed by atoms with van der Waals surface area (Å²) >= 11 is 1.54. The third-order valence-electron chi connectivity index (χ3n) is 3.56. The van der Waals surface area contributed by atoms with Gasteiger partial charge in [0.25, 0.3) is 5.91 Å². The van der Waals surface area contributed by atoms with Crippen molar-refractivity contribution in [1.29, 1.82) is 0 Å². The largest absolute Gasteiger partial charge is 0.490 e. The second kappa shape index (κ2) is 6.37. The molecule has 23 heavy (non-hydrogen) atoms. The van der Waals surface area contributed by atoms with E-state index in [1.54, 1.807) is 9.91 Å². The molecule has 0 saturated carbocycles. The first-order chi connectivity index (χ1) is 11.1. The van der Waals surface area contributed by atoms with E-state index in [1.165, 1.54) is 11.3 Å². The summed E-state index contributed by atoms with van der Waals surface area (Å²) in [4.78, 5) is 22.3. The Bertz CT molecular complexity index is 853. The number of thiazole rings is 1. The normalized spacial score (nSPS) is 10.9. The van der Waals surface area contributed by atoms with Gasteiger partial charge >= 0.3 is 0 Å². The first-order valence-corrected chi connectivity index (χ1v) is 8.27. The van der Waals surface area contributed by atoms with Crippen LogP contribution < -0.4 is 10.1 Å². The van der Waals surface area contributed by atoms with Crippen molar-refractivity contribution in [3.05, 3.63) is 45.8 Å². The number of imidazole rings is 1. The van der Waals surface area contributed by atoms with Crippen molar-refractivity contribution in [1.82, 2.24) is 19.7 Å². The molecule has 0 aromatic carbocycles. The van der Waals surface area contributed by atoms with E-state index in [2.05, 4.69) is 15.3 Å². The maximum absolute atomic E-state index is 12.6. The molecule has 120 valence electrons. The average Bonchev–Trinajstić information content (AvgIpc) is 3.08. The molecule has 0 aliphatic carbocycles. The Hall–Kier alpha value is -2.41. The monoisotopic (exact) mass is 330 g/mol. The van der Waals surface area contributed by atoms with Gasteiger partial charge in [0.15, 0.2) is 11.4 Å². The SMILES string of the molecule is CCOc1cccn2c(C(=O)NCc3scnc3C)c(C)nc12. The van der Waals surface area contributed by atoms with Crippen LogP contribution in [0.4, 0.5) is 0 Å². The summed E-state index contributed by atoms with van der Waals surface area (Å²) in [6.45, 7) is 6.71. The lowest BCUT2D eigenvalue weighted by molar-refractivity contribution is 0.0944. The van der Waals surface area contributed by atoms with E-state index >= 15 is 0 Å². The molecule has 0 fully saturated rings. The van der Waals surface area contributed by atoms with Crippen LogP contribution in [0, 0.1) is 13.8 Å². The van der Waals surface area contributed by atoms with Gasteiger partial charge in [0, 0.05) is 11.1 Å². The Morgan fingerprint density at radius 3 is 2.91 bits per heavy atom. The van der Waals surface area contributed by atoms with Crippen molar-refractivity contribution in [3.8, 4) is 5.75 Å². The molecule has 0 aliphatic heterocycles. The van der Waals surface area contributed by atoms with Crippen LogP contribution in [0.25, 0.3) is 5.65 Å². The number of nitrogens with one attached hydrogen (secondary N) is 1. The minimum absolute atomic E-state index is 0.156. The Balaban J connectivity index is 1.90. The first kappa shape index (κ1) is 15.5. The third-order valence-corrected chi connectivity index (χ3v) is 4.49. The van der Waals surface area contributed by atoms with Gasteiger partial charge in [0.2, 0.25) is 0 Å². The number of carbonyl (C=O) groups is 1. The predicted molar refractivity (Wildman–Crippen MR) is 89.1 cm³/mol. The molecule has 3 rings (SSSR count). The number of carbonyl (C=O) groups excluding carboxylic acids is 1. The van der Waals surface area contributed by atoms with Crippen LogP contribution in [0.5, 0.6) is 5.75 Å². The molecule has 0 bridgehead atoms. The highest BCUT2D eigenvalue weighted by atomic mass is 32.1. The number of hydrogen-bond acceptors (Lipinski definition) is 5. The van der Waals surface area contributed by atoms with Crippen molar-refractivity contribution < 1.29 is 9.53 Å². The number of rotatable bonds is 5. The lowest BCUT2D eigenvalue weighted by atomic mass is 10.3. The van der Waals surface area contributed by atoms with Gasteiger partial charge in [0.05, 0.1) is 30.1 Å². The number of pyridine rings is 1.